The summed E-state index contributed by atoms with van der Waals surface area (Å²) in [5, 5.41) is 7.58. The fraction of sp³-hybridized carbons (Fsp3) is 0.692. The van der Waals surface area contributed by atoms with Crippen LogP contribution in [-0.2, 0) is 4.79 Å². The van der Waals surface area contributed by atoms with Gasteiger partial charge in [-0.15, -0.1) is 0 Å². The normalized spacial score (nSPS) is 28.6. The second kappa shape index (κ2) is 5.10. The molecular weight excluding hydrogens is 228 g/mol. The molecule has 5 nitrogen and oxygen atoms in total. The molecule has 5 heteroatoms. The van der Waals surface area contributed by atoms with E-state index in [0.717, 1.165) is 45.3 Å². The maximum absolute atomic E-state index is 12.3. The summed E-state index contributed by atoms with van der Waals surface area (Å²) in [6.07, 6.45) is 8.09. The standard InChI is InChI=1S/C13H20N4O/c18-13(12-5-1-6-14-12)16-8-2-4-11(10-16)17-9-3-7-15-17/h3,7,9,11-12,14H,1-2,4-6,8,10H2. The minimum atomic E-state index is 0.0568. The molecule has 2 fully saturated rings. The summed E-state index contributed by atoms with van der Waals surface area (Å²) in [4.78, 5) is 14.4. The summed E-state index contributed by atoms with van der Waals surface area (Å²) in [6.45, 7) is 2.68. The van der Waals surface area contributed by atoms with Gasteiger partial charge in [0.2, 0.25) is 5.91 Å². The van der Waals surface area contributed by atoms with Gasteiger partial charge in [0.25, 0.3) is 0 Å². The number of nitrogens with one attached hydrogen (secondary N) is 1. The average Bonchev–Trinajstić information content (AvgIpc) is 3.11. The summed E-state index contributed by atoms with van der Waals surface area (Å²) in [5.74, 6) is 0.282. The van der Waals surface area contributed by atoms with E-state index in [1.54, 1.807) is 6.20 Å². The van der Waals surface area contributed by atoms with Crippen molar-refractivity contribution in [2.75, 3.05) is 19.6 Å². The topological polar surface area (TPSA) is 50.2 Å². The van der Waals surface area contributed by atoms with Crippen LogP contribution in [0.4, 0.5) is 0 Å². The van der Waals surface area contributed by atoms with Crippen molar-refractivity contribution in [2.24, 2.45) is 0 Å². The molecule has 3 rings (SSSR count). The molecule has 0 radical (unpaired) electrons. The third-order valence-electron chi connectivity index (χ3n) is 3.97. The van der Waals surface area contributed by atoms with E-state index >= 15 is 0 Å². The van der Waals surface area contributed by atoms with E-state index in [4.69, 9.17) is 0 Å². The van der Waals surface area contributed by atoms with E-state index in [1.807, 2.05) is 21.8 Å². The predicted octanol–water partition coefficient (Wildman–Crippen LogP) is 0.799. The molecule has 0 aromatic carbocycles. The lowest BCUT2D eigenvalue weighted by molar-refractivity contribution is -0.134. The van der Waals surface area contributed by atoms with Crippen molar-refractivity contribution in [2.45, 2.75) is 37.8 Å². The van der Waals surface area contributed by atoms with Gasteiger partial charge in [0.15, 0.2) is 0 Å². The zero-order chi connectivity index (χ0) is 12.4. The minimum absolute atomic E-state index is 0.0568. The van der Waals surface area contributed by atoms with Crippen LogP contribution in [-0.4, -0.2) is 46.3 Å². The first-order valence-electron chi connectivity index (χ1n) is 6.86. The Morgan fingerprint density at radius 3 is 3.00 bits per heavy atom. The van der Waals surface area contributed by atoms with Crippen LogP contribution in [0.25, 0.3) is 0 Å². The van der Waals surface area contributed by atoms with Gasteiger partial charge in [-0.1, -0.05) is 0 Å². The van der Waals surface area contributed by atoms with Crippen LogP contribution in [0.3, 0.4) is 0 Å². The van der Waals surface area contributed by atoms with Gasteiger partial charge in [-0.05, 0) is 38.3 Å². The predicted molar refractivity (Wildman–Crippen MR) is 68.1 cm³/mol. The molecule has 3 heterocycles. The van der Waals surface area contributed by atoms with Gasteiger partial charge < -0.3 is 10.2 Å². The van der Waals surface area contributed by atoms with Gasteiger partial charge in [0, 0.05) is 25.5 Å². The highest BCUT2D eigenvalue weighted by molar-refractivity contribution is 5.82. The molecule has 98 valence electrons. The smallest absolute Gasteiger partial charge is 0.239 e. The van der Waals surface area contributed by atoms with Crippen LogP contribution in [0, 0.1) is 0 Å². The van der Waals surface area contributed by atoms with Crippen LogP contribution in [0.15, 0.2) is 18.5 Å². The third kappa shape index (κ3) is 2.27. The number of piperidine rings is 1. The van der Waals surface area contributed by atoms with Crippen LogP contribution in [0.5, 0.6) is 0 Å². The number of nitrogens with zero attached hydrogens (tertiary/aromatic N) is 3. The molecule has 0 aliphatic carbocycles. The fourth-order valence-corrected chi connectivity index (χ4v) is 2.98. The quantitative estimate of drug-likeness (QED) is 0.842. The summed E-state index contributed by atoms with van der Waals surface area (Å²) in [7, 11) is 0. The molecule has 2 atom stereocenters. The highest BCUT2D eigenvalue weighted by Crippen LogP contribution is 2.22. The van der Waals surface area contributed by atoms with Crippen molar-refractivity contribution >= 4 is 5.91 Å². The Bertz CT molecular complexity index is 397. The Kier molecular flexibility index (Phi) is 3.32. The molecule has 0 spiro atoms. The lowest BCUT2D eigenvalue weighted by atomic mass is 10.0. The maximum atomic E-state index is 12.3. The zero-order valence-electron chi connectivity index (χ0n) is 10.6. The summed E-state index contributed by atoms with van der Waals surface area (Å²) >= 11 is 0. The van der Waals surface area contributed by atoms with E-state index in [0.29, 0.717) is 6.04 Å². The SMILES string of the molecule is O=C(C1CCCN1)N1CCCC(n2cccn2)C1. The number of amides is 1. The van der Waals surface area contributed by atoms with Crippen molar-refractivity contribution in [3.8, 4) is 0 Å². The Balaban J connectivity index is 1.64. The van der Waals surface area contributed by atoms with Gasteiger partial charge in [0.05, 0.1) is 12.1 Å². The van der Waals surface area contributed by atoms with Gasteiger partial charge >= 0.3 is 0 Å². The lowest BCUT2D eigenvalue weighted by Gasteiger charge is -2.34. The van der Waals surface area contributed by atoms with E-state index in [9.17, 15) is 4.79 Å². The van der Waals surface area contributed by atoms with Crippen LogP contribution >= 0.6 is 0 Å². The minimum Gasteiger partial charge on any atom is -0.339 e. The van der Waals surface area contributed by atoms with Crippen molar-refractivity contribution in [3.63, 3.8) is 0 Å². The number of hydrogen-bond acceptors (Lipinski definition) is 3. The maximum Gasteiger partial charge on any atom is 0.239 e. The molecule has 1 N–H and O–H groups in total. The molecule has 2 aliphatic heterocycles. The van der Waals surface area contributed by atoms with Gasteiger partial charge in [0.1, 0.15) is 0 Å². The summed E-state index contributed by atoms with van der Waals surface area (Å²) < 4.78 is 1.99. The second-order valence-electron chi connectivity index (χ2n) is 5.22. The molecular formula is C13H20N4O. The first-order valence-corrected chi connectivity index (χ1v) is 6.86. The Morgan fingerprint density at radius 1 is 1.33 bits per heavy atom. The van der Waals surface area contributed by atoms with Crippen molar-refractivity contribution < 1.29 is 4.79 Å². The first kappa shape index (κ1) is 11.7. The van der Waals surface area contributed by atoms with E-state index in [-0.39, 0.29) is 11.9 Å². The number of aromatic nitrogens is 2. The van der Waals surface area contributed by atoms with Crippen LogP contribution in [0.2, 0.25) is 0 Å². The molecule has 2 aliphatic rings. The molecule has 0 bridgehead atoms. The number of carbonyl (C=O) groups excluding carboxylic acids is 1. The number of hydrogen-bond donors (Lipinski definition) is 1. The lowest BCUT2D eigenvalue weighted by Crippen LogP contribution is -2.48. The van der Waals surface area contributed by atoms with Crippen LogP contribution in [0.1, 0.15) is 31.7 Å². The second-order valence-corrected chi connectivity index (χ2v) is 5.22. The monoisotopic (exact) mass is 248 g/mol. The van der Waals surface area contributed by atoms with Gasteiger partial charge in [-0.25, -0.2) is 0 Å². The average molecular weight is 248 g/mol. The molecule has 2 saturated heterocycles. The molecule has 1 aromatic heterocycles. The fourth-order valence-electron chi connectivity index (χ4n) is 2.98. The van der Waals surface area contributed by atoms with Gasteiger partial charge in [-0.2, -0.15) is 5.10 Å². The molecule has 2 unspecified atom stereocenters. The molecule has 18 heavy (non-hydrogen) atoms. The number of carbonyl (C=O) groups is 1. The van der Waals surface area contributed by atoms with Crippen molar-refractivity contribution in [1.29, 1.82) is 0 Å². The van der Waals surface area contributed by atoms with E-state index < -0.39 is 0 Å². The van der Waals surface area contributed by atoms with Gasteiger partial charge in [-0.3, -0.25) is 9.48 Å². The third-order valence-corrected chi connectivity index (χ3v) is 3.97. The Morgan fingerprint density at radius 2 is 2.28 bits per heavy atom. The Labute approximate surface area is 107 Å². The summed E-state index contributed by atoms with van der Waals surface area (Å²) in [6, 6.07) is 2.35. The zero-order valence-corrected chi connectivity index (χ0v) is 10.6. The highest BCUT2D eigenvalue weighted by Gasteiger charge is 2.30. The van der Waals surface area contributed by atoms with Crippen molar-refractivity contribution in [3.05, 3.63) is 18.5 Å². The Hall–Kier alpha value is -1.36. The molecule has 1 aromatic rings. The highest BCUT2D eigenvalue weighted by atomic mass is 16.2. The van der Waals surface area contributed by atoms with Crippen molar-refractivity contribution in [1.82, 2.24) is 20.0 Å². The first-order chi connectivity index (χ1) is 8.84. The van der Waals surface area contributed by atoms with E-state index in [2.05, 4.69) is 10.4 Å². The summed E-state index contributed by atoms with van der Waals surface area (Å²) in [5.41, 5.74) is 0. The molecule has 1 amide bonds. The number of rotatable bonds is 2. The molecule has 0 saturated carbocycles. The van der Waals surface area contributed by atoms with Crippen LogP contribution < -0.4 is 5.32 Å². The van der Waals surface area contributed by atoms with E-state index in [1.165, 1.54) is 0 Å². The number of likely N-dealkylation sites (tertiary alicyclic amines) is 1. The largest absolute Gasteiger partial charge is 0.339 e.